The molecule has 1 aliphatic rings. The van der Waals surface area contributed by atoms with Gasteiger partial charge in [0, 0.05) is 6.04 Å². The van der Waals surface area contributed by atoms with E-state index >= 15 is 0 Å². The van der Waals surface area contributed by atoms with Gasteiger partial charge in [0.2, 0.25) is 0 Å². The number of nitrogens with two attached hydrogens (primary N) is 1. The highest BCUT2D eigenvalue weighted by molar-refractivity contribution is 6.98. The van der Waals surface area contributed by atoms with Crippen molar-refractivity contribution in [3.8, 4) is 0 Å². The van der Waals surface area contributed by atoms with Crippen LogP contribution in [0.1, 0.15) is 33.1 Å². The first-order valence-corrected chi connectivity index (χ1v) is 10.5. The number of benzene rings is 2. The molecule has 3 heteroatoms. The van der Waals surface area contributed by atoms with Crippen LogP contribution in [0.4, 0.5) is 0 Å². The predicted octanol–water partition coefficient (Wildman–Crippen LogP) is 2.65. The Kier molecular flexibility index (Phi) is 4.45. The van der Waals surface area contributed by atoms with Crippen LogP contribution in [0, 0.1) is 5.92 Å². The average Bonchev–Trinajstić information content (AvgIpc) is 2.54. The van der Waals surface area contributed by atoms with E-state index in [4.69, 9.17) is 5.73 Å². The lowest BCUT2D eigenvalue weighted by molar-refractivity contribution is 0.222. The van der Waals surface area contributed by atoms with Gasteiger partial charge in [-0.05, 0) is 40.6 Å². The fourth-order valence-corrected chi connectivity index (χ4v) is 7.96. The Bertz CT molecular complexity index is 596. The third-order valence-electron chi connectivity index (χ3n) is 5.43. The molecule has 0 aromatic heterocycles. The summed E-state index contributed by atoms with van der Waals surface area (Å²) in [7, 11) is -2.84. The Morgan fingerprint density at radius 1 is 0.957 bits per heavy atom. The van der Waals surface area contributed by atoms with E-state index in [1.54, 1.807) is 0 Å². The van der Waals surface area contributed by atoms with Crippen LogP contribution in [0.15, 0.2) is 60.7 Å². The molecule has 0 radical (unpaired) electrons. The summed E-state index contributed by atoms with van der Waals surface area (Å²) in [6, 6.07) is 20.9. The van der Waals surface area contributed by atoms with Gasteiger partial charge in [0.1, 0.15) is 0 Å². The smallest absolute Gasteiger partial charge is 0.258 e. The van der Waals surface area contributed by atoms with Gasteiger partial charge in [0.15, 0.2) is 0 Å². The minimum Gasteiger partial charge on any atom is -0.424 e. The topological polar surface area (TPSA) is 46.2 Å². The standard InChI is InChI=1S/C20H27NOSi/c1-20(2,15-16-13-17(21)14-16)23(22,18-9-5-3-6-10-18)19-11-7-4-8-12-19/h3-12,16-17,22H,13-15,21H2,1-2H3. The van der Waals surface area contributed by atoms with Gasteiger partial charge in [-0.1, -0.05) is 74.5 Å². The molecule has 0 unspecified atom stereocenters. The average molecular weight is 326 g/mol. The minimum absolute atomic E-state index is 0.138. The summed E-state index contributed by atoms with van der Waals surface area (Å²) in [5, 5.41) is 2.06. The Balaban J connectivity index is 2.01. The quantitative estimate of drug-likeness (QED) is 0.830. The van der Waals surface area contributed by atoms with Crippen molar-refractivity contribution < 1.29 is 4.80 Å². The second-order valence-corrected chi connectivity index (χ2v) is 11.6. The molecule has 0 aliphatic heterocycles. The maximum absolute atomic E-state index is 12.0. The van der Waals surface area contributed by atoms with Crippen molar-refractivity contribution in [1.82, 2.24) is 0 Å². The second-order valence-electron chi connectivity index (χ2n) is 7.63. The molecule has 23 heavy (non-hydrogen) atoms. The lowest BCUT2D eigenvalue weighted by Crippen LogP contribution is -2.66. The van der Waals surface area contributed by atoms with Gasteiger partial charge in [0.25, 0.3) is 8.32 Å². The van der Waals surface area contributed by atoms with E-state index in [0.717, 1.165) is 29.6 Å². The molecule has 3 N–H and O–H groups in total. The Hall–Kier alpha value is -1.42. The van der Waals surface area contributed by atoms with E-state index in [1.807, 2.05) is 36.4 Å². The molecule has 0 bridgehead atoms. The molecule has 0 atom stereocenters. The molecule has 3 rings (SSSR count). The van der Waals surface area contributed by atoms with Crippen LogP contribution in [0.25, 0.3) is 0 Å². The van der Waals surface area contributed by atoms with Gasteiger partial charge in [-0.2, -0.15) is 0 Å². The molecule has 0 spiro atoms. The highest BCUT2D eigenvalue weighted by Crippen LogP contribution is 2.46. The first kappa shape index (κ1) is 16.4. The molecule has 1 fully saturated rings. The second kappa shape index (κ2) is 6.23. The molecule has 0 heterocycles. The van der Waals surface area contributed by atoms with Crippen LogP contribution in [0.3, 0.4) is 0 Å². The fourth-order valence-electron chi connectivity index (χ4n) is 4.13. The predicted molar refractivity (Wildman–Crippen MR) is 99.5 cm³/mol. The van der Waals surface area contributed by atoms with Crippen molar-refractivity contribution in [2.75, 3.05) is 0 Å². The van der Waals surface area contributed by atoms with Crippen molar-refractivity contribution in [2.24, 2.45) is 11.7 Å². The normalized spacial score (nSPS) is 21.7. The SMILES string of the molecule is CC(C)(CC1CC(N)C1)[Si](O)(c1ccccc1)c1ccccc1. The van der Waals surface area contributed by atoms with Crippen molar-refractivity contribution in [1.29, 1.82) is 0 Å². The highest BCUT2D eigenvalue weighted by atomic mass is 28.4. The fraction of sp³-hybridized carbons (Fsp3) is 0.400. The van der Waals surface area contributed by atoms with E-state index in [-0.39, 0.29) is 5.04 Å². The summed E-state index contributed by atoms with van der Waals surface area (Å²) in [5.41, 5.74) is 5.97. The highest BCUT2D eigenvalue weighted by Gasteiger charge is 2.51. The summed E-state index contributed by atoms with van der Waals surface area (Å²) in [6.45, 7) is 4.48. The number of rotatable bonds is 5. The van der Waals surface area contributed by atoms with Gasteiger partial charge in [-0.15, -0.1) is 0 Å². The zero-order valence-corrected chi connectivity index (χ0v) is 15.1. The molecule has 1 aliphatic carbocycles. The van der Waals surface area contributed by atoms with Crippen molar-refractivity contribution in [3.63, 3.8) is 0 Å². The van der Waals surface area contributed by atoms with Gasteiger partial charge in [0.05, 0.1) is 0 Å². The van der Waals surface area contributed by atoms with Gasteiger partial charge in [-0.3, -0.25) is 0 Å². The minimum atomic E-state index is -2.84. The largest absolute Gasteiger partial charge is 0.424 e. The van der Waals surface area contributed by atoms with E-state index in [1.165, 1.54) is 0 Å². The monoisotopic (exact) mass is 325 g/mol. The van der Waals surface area contributed by atoms with Crippen molar-refractivity contribution in [2.45, 2.75) is 44.2 Å². The lowest BCUT2D eigenvalue weighted by Gasteiger charge is -2.46. The molecular formula is C20H27NOSi. The molecule has 2 aromatic rings. The van der Waals surface area contributed by atoms with Crippen LogP contribution in [0.2, 0.25) is 5.04 Å². The van der Waals surface area contributed by atoms with Crippen LogP contribution in [-0.2, 0) is 0 Å². The van der Waals surface area contributed by atoms with Crippen LogP contribution >= 0.6 is 0 Å². The summed E-state index contributed by atoms with van der Waals surface area (Å²) in [6.07, 6.45) is 3.22. The lowest BCUT2D eigenvalue weighted by atomic mass is 9.76. The van der Waals surface area contributed by atoms with Crippen LogP contribution in [-0.4, -0.2) is 19.2 Å². The molecule has 122 valence electrons. The van der Waals surface area contributed by atoms with Gasteiger partial charge < -0.3 is 10.5 Å². The molecule has 2 nitrogen and oxygen atoms in total. The molecule has 0 saturated heterocycles. The maximum atomic E-state index is 12.0. The Labute approximate surface area is 140 Å². The van der Waals surface area contributed by atoms with Crippen molar-refractivity contribution >= 4 is 18.7 Å². The van der Waals surface area contributed by atoms with Gasteiger partial charge >= 0.3 is 0 Å². The summed E-state index contributed by atoms with van der Waals surface area (Å²) in [4.78, 5) is 12.0. The zero-order chi connectivity index (χ0) is 16.5. The van der Waals surface area contributed by atoms with Crippen LogP contribution in [0.5, 0.6) is 0 Å². The van der Waals surface area contributed by atoms with E-state index < -0.39 is 8.32 Å². The third-order valence-corrected chi connectivity index (χ3v) is 9.93. The third kappa shape index (κ3) is 3.01. The summed E-state index contributed by atoms with van der Waals surface area (Å²) >= 11 is 0. The number of hydrogen-bond acceptors (Lipinski definition) is 2. The Morgan fingerprint density at radius 3 is 1.78 bits per heavy atom. The maximum Gasteiger partial charge on any atom is 0.258 e. The molecule has 0 amide bonds. The number of hydrogen-bond donors (Lipinski definition) is 2. The summed E-state index contributed by atoms with van der Waals surface area (Å²) in [5.74, 6) is 0.645. The Morgan fingerprint density at radius 2 is 1.39 bits per heavy atom. The summed E-state index contributed by atoms with van der Waals surface area (Å²) < 4.78 is 0. The zero-order valence-electron chi connectivity index (χ0n) is 14.1. The van der Waals surface area contributed by atoms with E-state index in [2.05, 4.69) is 38.1 Å². The van der Waals surface area contributed by atoms with Gasteiger partial charge in [-0.25, -0.2) is 0 Å². The van der Waals surface area contributed by atoms with Crippen LogP contribution < -0.4 is 16.1 Å². The van der Waals surface area contributed by atoms with E-state index in [0.29, 0.717) is 12.0 Å². The molecule has 2 aromatic carbocycles. The van der Waals surface area contributed by atoms with E-state index in [9.17, 15) is 4.80 Å². The first-order valence-electron chi connectivity index (χ1n) is 8.52. The van der Waals surface area contributed by atoms with Crippen molar-refractivity contribution in [3.05, 3.63) is 60.7 Å². The molecule has 1 saturated carbocycles. The first-order chi connectivity index (χ1) is 10.9. The molecular weight excluding hydrogens is 298 g/mol.